The summed E-state index contributed by atoms with van der Waals surface area (Å²) < 4.78 is 26.9. The number of carbonyl (C=O) groups is 2. The zero-order valence-electron chi connectivity index (χ0n) is 12.6. The zero-order valence-corrected chi connectivity index (χ0v) is 12.6. The SMILES string of the molecule is CC(=O)N(CCC(=O)Nc1c(F)cccc1F)C1CCCC1. The molecule has 0 radical (unpaired) electrons. The lowest BCUT2D eigenvalue weighted by Crippen LogP contribution is -2.39. The normalized spacial score (nSPS) is 14.9. The second-order valence-electron chi connectivity index (χ2n) is 5.55. The van der Waals surface area contributed by atoms with E-state index >= 15 is 0 Å². The zero-order chi connectivity index (χ0) is 16.1. The van der Waals surface area contributed by atoms with Crippen LogP contribution >= 0.6 is 0 Å². The number of hydrogen-bond acceptors (Lipinski definition) is 2. The Labute approximate surface area is 128 Å². The van der Waals surface area contributed by atoms with Crippen LogP contribution in [0.5, 0.6) is 0 Å². The largest absolute Gasteiger partial charge is 0.339 e. The Bertz CT molecular complexity index is 537. The van der Waals surface area contributed by atoms with Gasteiger partial charge in [-0.2, -0.15) is 0 Å². The molecule has 0 saturated heterocycles. The highest BCUT2D eigenvalue weighted by atomic mass is 19.1. The Balaban J connectivity index is 1.92. The predicted octanol–water partition coefficient (Wildman–Crippen LogP) is 3.08. The second-order valence-corrected chi connectivity index (χ2v) is 5.55. The van der Waals surface area contributed by atoms with Crippen molar-refractivity contribution in [3.63, 3.8) is 0 Å². The van der Waals surface area contributed by atoms with Crippen LogP contribution in [0.1, 0.15) is 39.0 Å². The summed E-state index contributed by atoms with van der Waals surface area (Å²) in [7, 11) is 0. The summed E-state index contributed by atoms with van der Waals surface area (Å²) in [6, 6.07) is 3.58. The summed E-state index contributed by atoms with van der Waals surface area (Å²) in [6.45, 7) is 1.74. The lowest BCUT2D eigenvalue weighted by Gasteiger charge is -2.27. The van der Waals surface area contributed by atoms with E-state index in [2.05, 4.69) is 5.32 Å². The van der Waals surface area contributed by atoms with Crippen LogP contribution in [0, 0.1) is 11.6 Å². The third-order valence-corrected chi connectivity index (χ3v) is 3.98. The van der Waals surface area contributed by atoms with E-state index < -0.39 is 23.2 Å². The summed E-state index contributed by atoms with van der Waals surface area (Å²) in [5, 5.41) is 2.24. The maximum absolute atomic E-state index is 13.5. The van der Waals surface area contributed by atoms with Gasteiger partial charge in [0.25, 0.3) is 0 Å². The van der Waals surface area contributed by atoms with Gasteiger partial charge < -0.3 is 10.2 Å². The van der Waals surface area contributed by atoms with Crippen LogP contribution in [0.2, 0.25) is 0 Å². The quantitative estimate of drug-likeness (QED) is 0.908. The average molecular weight is 310 g/mol. The van der Waals surface area contributed by atoms with Gasteiger partial charge in [0, 0.05) is 25.9 Å². The topological polar surface area (TPSA) is 49.4 Å². The number of nitrogens with one attached hydrogen (secondary N) is 1. The Hall–Kier alpha value is -1.98. The van der Waals surface area contributed by atoms with E-state index in [0.717, 1.165) is 37.8 Å². The van der Waals surface area contributed by atoms with Gasteiger partial charge in [0.2, 0.25) is 11.8 Å². The number of hydrogen-bond donors (Lipinski definition) is 1. The molecule has 0 aromatic heterocycles. The van der Waals surface area contributed by atoms with E-state index in [1.54, 1.807) is 4.90 Å². The molecule has 4 nitrogen and oxygen atoms in total. The fourth-order valence-corrected chi connectivity index (χ4v) is 2.85. The third-order valence-electron chi connectivity index (χ3n) is 3.98. The molecule has 6 heteroatoms. The van der Waals surface area contributed by atoms with Gasteiger partial charge >= 0.3 is 0 Å². The van der Waals surface area contributed by atoms with Crippen molar-refractivity contribution in [2.45, 2.75) is 45.1 Å². The van der Waals surface area contributed by atoms with Gasteiger partial charge in [-0.3, -0.25) is 9.59 Å². The maximum Gasteiger partial charge on any atom is 0.226 e. The second kappa shape index (κ2) is 7.33. The van der Waals surface area contributed by atoms with E-state index in [4.69, 9.17) is 0 Å². The van der Waals surface area contributed by atoms with E-state index in [1.165, 1.54) is 13.0 Å². The summed E-state index contributed by atoms with van der Waals surface area (Å²) in [4.78, 5) is 25.2. The monoisotopic (exact) mass is 310 g/mol. The maximum atomic E-state index is 13.5. The highest BCUT2D eigenvalue weighted by Gasteiger charge is 2.25. The fourth-order valence-electron chi connectivity index (χ4n) is 2.85. The van der Waals surface area contributed by atoms with E-state index in [-0.39, 0.29) is 24.9 Å². The molecule has 0 atom stereocenters. The molecule has 1 aliphatic carbocycles. The smallest absolute Gasteiger partial charge is 0.226 e. The summed E-state index contributed by atoms with van der Waals surface area (Å²) in [6.07, 6.45) is 4.08. The molecule has 0 aliphatic heterocycles. The van der Waals surface area contributed by atoms with Crippen molar-refractivity contribution in [3.05, 3.63) is 29.8 Å². The molecular formula is C16H20F2N2O2. The van der Waals surface area contributed by atoms with E-state index in [1.807, 2.05) is 0 Å². The lowest BCUT2D eigenvalue weighted by molar-refractivity contribution is -0.131. The standard InChI is InChI=1S/C16H20F2N2O2/c1-11(21)20(12-5-2-3-6-12)10-9-15(22)19-16-13(17)7-4-8-14(16)18/h4,7-8,12H,2-3,5-6,9-10H2,1H3,(H,19,22). The molecule has 0 unspecified atom stereocenters. The van der Waals surface area contributed by atoms with Gasteiger partial charge in [-0.25, -0.2) is 8.78 Å². The molecule has 0 bridgehead atoms. The minimum Gasteiger partial charge on any atom is -0.339 e. The Kier molecular flexibility index (Phi) is 5.46. The number of benzene rings is 1. The molecule has 1 fully saturated rings. The van der Waals surface area contributed by atoms with Crippen molar-refractivity contribution in [1.29, 1.82) is 0 Å². The summed E-state index contributed by atoms with van der Waals surface area (Å²) in [5.74, 6) is -2.20. The fraction of sp³-hybridized carbons (Fsp3) is 0.500. The molecule has 22 heavy (non-hydrogen) atoms. The number of anilines is 1. The van der Waals surface area contributed by atoms with Crippen molar-refractivity contribution in [2.75, 3.05) is 11.9 Å². The number of halogens is 2. The highest BCUT2D eigenvalue weighted by Crippen LogP contribution is 2.24. The van der Waals surface area contributed by atoms with Crippen LogP contribution < -0.4 is 5.32 Å². The molecule has 2 rings (SSSR count). The molecule has 1 aliphatic rings. The molecule has 0 spiro atoms. The number of amides is 2. The van der Waals surface area contributed by atoms with Gasteiger partial charge in [0.15, 0.2) is 0 Å². The number of para-hydroxylation sites is 1. The van der Waals surface area contributed by atoms with Crippen LogP contribution in [0.3, 0.4) is 0 Å². The van der Waals surface area contributed by atoms with Crippen molar-refractivity contribution < 1.29 is 18.4 Å². The molecule has 120 valence electrons. The Morgan fingerprint density at radius 2 is 1.82 bits per heavy atom. The van der Waals surface area contributed by atoms with Crippen LogP contribution in [-0.4, -0.2) is 29.3 Å². The molecule has 1 aromatic carbocycles. The average Bonchev–Trinajstić information content (AvgIpc) is 2.97. The van der Waals surface area contributed by atoms with Crippen LogP contribution in [0.15, 0.2) is 18.2 Å². The Morgan fingerprint density at radius 3 is 2.36 bits per heavy atom. The van der Waals surface area contributed by atoms with E-state index in [9.17, 15) is 18.4 Å². The highest BCUT2D eigenvalue weighted by molar-refractivity contribution is 5.91. The minimum atomic E-state index is -0.812. The molecule has 1 saturated carbocycles. The van der Waals surface area contributed by atoms with Crippen molar-refractivity contribution in [1.82, 2.24) is 4.90 Å². The Morgan fingerprint density at radius 1 is 1.23 bits per heavy atom. The van der Waals surface area contributed by atoms with Gasteiger partial charge in [0.05, 0.1) is 0 Å². The van der Waals surface area contributed by atoms with Crippen molar-refractivity contribution in [2.24, 2.45) is 0 Å². The predicted molar refractivity (Wildman–Crippen MR) is 79.2 cm³/mol. The molecule has 2 amide bonds. The molecule has 1 aromatic rings. The van der Waals surface area contributed by atoms with Crippen molar-refractivity contribution >= 4 is 17.5 Å². The number of rotatable bonds is 5. The van der Waals surface area contributed by atoms with Gasteiger partial charge in [-0.05, 0) is 25.0 Å². The molecule has 0 heterocycles. The lowest BCUT2D eigenvalue weighted by atomic mass is 10.2. The minimum absolute atomic E-state index is 0.0177. The number of carbonyl (C=O) groups excluding carboxylic acids is 2. The first-order valence-electron chi connectivity index (χ1n) is 7.50. The first-order chi connectivity index (χ1) is 10.5. The summed E-state index contributed by atoms with van der Waals surface area (Å²) in [5.41, 5.74) is -0.442. The van der Waals surface area contributed by atoms with Gasteiger partial charge in [0.1, 0.15) is 17.3 Å². The van der Waals surface area contributed by atoms with Gasteiger partial charge in [-0.15, -0.1) is 0 Å². The first-order valence-corrected chi connectivity index (χ1v) is 7.50. The molecular weight excluding hydrogens is 290 g/mol. The van der Waals surface area contributed by atoms with Crippen LogP contribution in [-0.2, 0) is 9.59 Å². The third kappa shape index (κ3) is 4.02. The van der Waals surface area contributed by atoms with Crippen LogP contribution in [0.4, 0.5) is 14.5 Å². The summed E-state index contributed by atoms with van der Waals surface area (Å²) >= 11 is 0. The molecule has 1 N–H and O–H groups in total. The van der Waals surface area contributed by atoms with Gasteiger partial charge in [-0.1, -0.05) is 18.9 Å². The van der Waals surface area contributed by atoms with Crippen molar-refractivity contribution in [3.8, 4) is 0 Å². The van der Waals surface area contributed by atoms with E-state index in [0.29, 0.717) is 0 Å². The van der Waals surface area contributed by atoms with Crippen LogP contribution in [0.25, 0.3) is 0 Å². The first kappa shape index (κ1) is 16.4. The number of nitrogens with zero attached hydrogens (tertiary/aromatic N) is 1.